The van der Waals surface area contributed by atoms with Gasteiger partial charge in [0.05, 0.1) is 5.92 Å². The summed E-state index contributed by atoms with van der Waals surface area (Å²) in [7, 11) is 0. The first-order valence-corrected chi connectivity index (χ1v) is 9.03. The molecule has 6 heteroatoms. The molecule has 1 aromatic rings. The molecule has 0 radical (unpaired) electrons. The normalized spacial score (nSPS) is 21.7. The first kappa shape index (κ1) is 22.2. The van der Waals surface area contributed by atoms with E-state index in [0.717, 1.165) is 44.1 Å². The lowest BCUT2D eigenvalue weighted by Gasteiger charge is -2.30. The Bertz CT molecular complexity index is 510. The third-order valence-corrected chi connectivity index (χ3v) is 5.17. The van der Waals surface area contributed by atoms with Gasteiger partial charge in [-0.2, -0.15) is 0 Å². The van der Waals surface area contributed by atoms with E-state index >= 15 is 0 Å². The van der Waals surface area contributed by atoms with Crippen molar-refractivity contribution >= 4 is 36.4 Å². The van der Waals surface area contributed by atoms with Crippen LogP contribution in [0.4, 0.5) is 5.69 Å². The van der Waals surface area contributed by atoms with Gasteiger partial charge in [-0.1, -0.05) is 19.1 Å². The fraction of sp³-hybridized carbons (Fsp3) is 0.632. The van der Waals surface area contributed by atoms with Crippen LogP contribution in [0, 0.1) is 11.8 Å². The number of likely N-dealkylation sites (tertiary alicyclic amines) is 1. The van der Waals surface area contributed by atoms with Crippen molar-refractivity contribution in [1.29, 1.82) is 0 Å². The molecular weight excluding hydrogens is 357 g/mol. The Balaban J connectivity index is 0.00000156. The molecule has 0 spiro atoms. The third-order valence-electron chi connectivity index (χ3n) is 5.17. The molecule has 2 N–H and O–H groups in total. The van der Waals surface area contributed by atoms with Crippen molar-refractivity contribution in [2.24, 2.45) is 11.8 Å². The average Bonchev–Trinajstić information content (AvgIpc) is 2.59. The molecule has 0 aliphatic carbocycles. The van der Waals surface area contributed by atoms with Gasteiger partial charge in [-0.25, -0.2) is 0 Å². The molecule has 2 saturated heterocycles. The monoisotopic (exact) mass is 387 g/mol. The van der Waals surface area contributed by atoms with Crippen LogP contribution >= 0.6 is 24.8 Å². The predicted molar refractivity (Wildman–Crippen MR) is 109 cm³/mol. The molecule has 25 heavy (non-hydrogen) atoms. The number of nitrogens with zero attached hydrogens (tertiary/aromatic N) is 1. The zero-order chi connectivity index (χ0) is 16.1. The molecule has 0 saturated carbocycles. The number of halogens is 2. The molecule has 0 aromatic heterocycles. The molecule has 2 aliphatic heterocycles. The second-order valence-corrected chi connectivity index (χ2v) is 7.19. The summed E-state index contributed by atoms with van der Waals surface area (Å²) in [5.41, 5.74) is 2.24. The van der Waals surface area contributed by atoms with Crippen LogP contribution in [-0.2, 0) is 11.3 Å². The summed E-state index contributed by atoms with van der Waals surface area (Å²) in [6, 6.07) is 8.37. The fourth-order valence-corrected chi connectivity index (χ4v) is 3.49. The van der Waals surface area contributed by atoms with Crippen molar-refractivity contribution in [2.75, 3.05) is 31.5 Å². The minimum Gasteiger partial charge on any atom is -0.326 e. The Morgan fingerprint density at radius 1 is 1.16 bits per heavy atom. The highest BCUT2D eigenvalue weighted by Crippen LogP contribution is 2.19. The number of hydrogen-bond donors (Lipinski definition) is 2. The summed E-state index contributed by atoms with van der Waals surface area (Å²) >= 11 is 0. The van der Waals surface area contributed by atoms with Crippen LogP contribution in [0.1, 0.15) is 38.2 Å². The SMILES string of the molecule is CC1CCN(Cc2ccc(NC(=O)C3CCCNC3)cc2)CC1.Cl.Cl. The van der Waals surface area contributed by atoms with Crippen molar-refractivity contribution in [2.45, 2.75) is 39.2 Å². The van der Waals surface area contributed by atoms with E-state index in [1.165, 1.54) is 31.5 Å². The quantitative estimate of drug-likeness (QED) is 0.827. The van der Waals surface area contributed by atoms with Gasteiger partial charge in [-0.3, -0.25) is 9.69 Å². The minimum atomic E-state index is 0. The number of benzene rings is 1. The zero-order valence-electron chi connectivity index (χ0n) is 15.0. The summed E-state index contributed by atoms with van der Waals surface area (Å²) in [5, 5.41) is 6.35. The summed E-state index contributed by atoms with van der Waals surface area (Å²) in [6.45, 7) is 7.61. The Morgan fingerprint density at radius 2 is 1.84 bits per heavy atom. The van der Waals surface area contributed by atoms with Gasteiger partial charge in [-0.05, 0) is 68.9 Å². The van der Waals surface area contributed by atoms with Crippen LogP contribution in [0.5, 0.6) is 0 Å². The number of anilines is 1. The fourth-order valence-electron chi connectivity index (χ4n) is 3.49. The van der Waals surface area contributed by atoms with Gasteiger partial charge < -0.3 is 10.6 Å². The number of rotatable bonds is 4. The molecule has 1 atom stereocenters. The molecule has 142 valence electrons. The second-order valence-electron chi connectivity index (χ2n) is 7.19. The Labute approximate surface area is 163 Å². The smallest absolute Gasteiger partial charge is 0.228 e. The van der Waals surface area contributed by atoms with Crippen LogP contribution in [0.15, 0.2) is 24.3 Å². The van der Waals surface area contributed by atoms with Gasteiger partial charge in [-0.15, -0.1) is 24.8 Å². The maximum atomic E-state index is 12.2. The first-order valence-electron chi connectivity index (χ1n) is 9.03. The highest BCUT2D eigenvalue weighted by atomic mass is 35.5. The maximum absolute atomic E-state index is 12.2. The second kappa shape index (κ2) is 11.0. The van der Waals surface area contributed by atoms with Crippen LogP contribution < -0.4 is 10.6 Å². The number of amides is 1. The van der Waals surface area contributed by atoms with Crippen LogP contribution in [0.2, 0.25) is 0 Å². The molecule has 1 aromatic carbocycles. The number of piperidine rings is 2. The Kier molecular flexibility index (Phi) is 9.80. The number of hydrogen-bond acceptors (Lipinski definition) is 3. The van der Waals surface area contributed by atoms with Gasteiger partial charge in [0.1, 0.15) is 0 Å². The lowest BCUT2D eigenvalue weighted by atomic mass is 9.98. The van der Waals surface area contributed by atoms with Gasteiger partial charge >= 0.3 is 0 Å². The van der Waals surface area contributed by atoms with E-state index in [-0.39, 0.29) is 36.6 Å². The molecule has 0 bridgehead atoms. The van der Waals surface area contributed by atoms with Crippen molar-refractivity contribution in [3.63, 3.8) is 0 Å². The Hall–Kier alpha value is -0.810. The average molecular weight is 388 g/mol. The zero-order valence-corrected chi connectivity index (χ0v) is 16.6. The van der Waals surface area contributed by atoms with E-state index in [1.807, 2.05) is 12.1 Å². The van der Waals surface area contributed by atoms with E-state index in [2.05, 4.69) is 34.6 Å². The van der Waals surface area contributed by atoms with Gasteiger partial charge in [0.15, 0.2) is 0 Å². The molecule has 3 rings (SSSR count). The molecule has 4 nitrogen and oxygen atoms in total. The third kappa shape index (κ3) is 6.78. The van der Waals surface area contributed by atoms with Crippen molar-refractivity contribution < 1.29 is 4.79 Å². The largest absolute Gasteiger partial charge is 0.326 e. The highest BCUT2D eigenvalue weighted by molar-refractivity contribution is 5.92. The number of carbonyl (C=O) groups excluding carboxylic acids is 1. The van der Waals surface area contributed by atoms with Crippen LogP contribution in [0.3, 0.4) is 0 Å². The van der Waals surface area contributed by atoms with Gasteiger partial charge in [0, 0.05) is 18.8 Å². The lowest BCUT2D eigenvalue weighted by molar-refractivity contribution is -0.120. The predicted octanol–water partition coefficient (Wildman–Crippen LogP) is 3.70. The standard InChI is InChI=1S/C19H29N3O.2ClH/c1-15-8-11-22(12-9-15)14-16-4-6-18(7-5-16)21-19(23)17-3-2-10-20-13-17;;/h4-7,15,17,20H,2-3,8-14H2,1H3,(H,21,23);2*1H. The van der Waals surface area contributed by atoms with Crippen molar-refractivity contribution in [1.82, 2.24) is 10.2 Å². The topological polar surface area (TPSA) is 44.4 Å². The van der Waals surface area contributed by atoms with Gasteiger partial charge in [0.25, 0.3) is 0 Å². The van der Waals surface area contributed by atoms with E-state index in [1.54, 1.807) is 0 Å². The minimum absolute atomic E-state index is 0. The van der Waals surface area contributed by atoms with Crippen LogP contribution in [0.25, 0.3) is 0 Å². The molecule has 2 aliphatic rings. The summed E-state index contributed by atoms with van der Waals surface area (Å²) in [4.78, 5) is 14.8. The summed E-state index contributed by atoms with van der Waals surface area (Å²) < 4.78 is 0. The summed E-state index contributed by atoms with van der Waals surface area (Å²) in [5.74, 6) is 1.13. The van der Waals surface area contributed by atoms with Gasteiger partial charge in [0.2, 0.25) is 5.91 Å². The highest BCUT2D eigenvalue weighted by Gasteiger charge is 2.21. The van der Waals surface area contributed by atoms with E-state index in [4.69, 9.17) is 0 Å². The number of nitrogens with one attached hydrogen (secondary N) is 2. The van der Waals surface area contributed by atoms with E-state index < -0.39 is 0 Å². The van der Waals surface area contributed by atoms with E-state index in [0.29, 0.717) is 0 Å². The molecule has 2 fully saturated rings. The first-order chi connectivity index (χ1) is 11.2. The molecule has 1 amide bonds. The number of carbonyl (C=O) groups is 1. The molecule has 2 heterocycles. The summed E-state index contributed by atoms with van der Waals surface area (Å²) in [6.07, 6.45) is 4.70. The maximum Gasteiger partial charge on any atom is 0.228 e. The van der Waals surface area contributed by atoms with Crippen molar-refractivity contribution in [3.05, 3.63) is 29.8 Å². The van der Waals surface area contributed by atoms with Crippen LogP contribution in [-0.4, -0.2) is 37.0 Å². The molecular formula is C19H31Cl2N3O. The lowest BCUT2D eigenvalue weighted by Crippen LogP contribution is -2.37. The van der Waals surface area contributed by atoms with Crippen molar-refractivity contribution in [3.8, 4) is 0 Å². The molecule has 1 unspecified atom stereocenters. The Morgan fingerprint density at radius 3 is 2.44 bits per heavy atom. The van der Waals surface area contributed by atoms with E-state index in [9.17, 15) is 4.79 Å².